The van der Waals surface area contributed by atoms with Crippen molar-refractivity contribution in [2.75, 3.05) is 32.8 Å². The number of rotatable bonds is 7. The van der Waals surface area contributed by atoms with E-state index >= 15 is 0 Å². The highest BCUT2D eigenvalue weighted by atomic mass is 16.6. The van der Waals surface area contributed by atoms with Crippen LogP contribution in [-0.4, -0.2) is 78.3 Å². The van der Waals surface area contributed by atoms with Crippen molar-refractivity contribution in [1.82, 2.24) is 15.1 Å². The molecule has 1 aromatic rings. The lowest BCUT2D eigenvalue weighted by Crippen LogP contribution is -2.59. The Morgan fingerprint density at radius 3 is 2.39 bits per heavy atom. The van der Waals surface area contributed by atoms with Crippen LogP contribution in [0.3, 0.4) is 0 Å². The van der Waals surface area contributed by atoms with Gasteiger partial charge in [0.05, 0.1) is 6.04 Å². The minimum Gasteiger partial charge on any atom is -0.464 e. The number of alkyl carbamates (subject to hydrolysis) is 1. The van der Waals surface area contributed by atoms with Gasteiger partial charge in [0.15, 0.2) is 0 Å². The van der Waals surface area contributed by atoms with Gasteiger partial charge in [0, 0.05) is 39.5 Å². The second-order valence-electron chi connectivity index (χ2n) is 8.71. The van der Waals surface area contributed by atoms with Gasteiger partial charge in [0.2, 0.25) is 5.91 Å². The summed E-state index contributed by atoms with van der Waals surface area (Å²) in [6.07, 6.45) is -1.05. The second-order valence-corrected chi connectivity index (χ2v) is 8.71. The van der Waals surface area contributed by atoms with Crippen LogP contribution in [0.2, 0.25) is 0 Å². The Bertz CT molecular complexity index is 823. The summed E-state index contributed by atoms with van der Waals surface area (Å²) in [5, 5.41) is 2.56. The van der Waals surface area contributed by atoms with Gasteiger partial charge in [-0.1, -0.05) is 30.3 Å². The number of hydrogen-bond donors (Lipinski definition) is 1. The first kappa shape index (κ1) is 26.0. The summed E-state index contributed by atoms with van der Waals surface area (Å²) < 4.78 is 15.7. The topological polar surface area (TPSA) is 114 Å². The predicted molar refractivity (Wildman–Crippen MR) is 119 cm³/mol. The third kappa shape index (κ3) is 9.38. The maximum Gasteiger partial charge on any atom is 0.410 e. The lowest BCUT2D eigenvalue weighted by atomic mass is 10.1. The third-order valence-corrected chi connectivity index (χ3v) is 4.76. The van der Waals surface area contributed by atoms with Crippen LogP contribution < -0.4 is 5.32 Å². The molecule has 0 spiro atoms. The van der Waals surface area contributed by atoms with Crippen LogP contribution in [0, 0.1) is 0 Å². The first-order valence-electron chi connectivity index (χ1n) is 10.9. The van der Waals surface area contributed by atoms with Gasteiger partial charge in [-0.3, -0.25) is 14.5 Å². The van der Waals surface area contributed by atoms with Gasteiger partial charge in [0.25, 0.3) is 0 Å². The van der Waals surface area contributed by atoms with E-state index in [9.17, 15) is 19.2 Å². The number of ether oxygens (including phenoxy) is 3. The van der Waals surface area contributed by atoms with E-state index in [0.717, 1.165) is 5.56 Å². The quantitative estimate of drug-likeness (QED) is 0.487. The van der Waals surface area contributed by atoms with Crippen molar-refractivity contribution in [3.05, 3.63) is 35.9 Å². The molecule has 33 heavy (non-hydrogen) atoms. The molecule has 0 aromatic heterocycles. The molecule has 1 aliphatic heterocycles. The number of carbonyl (C=O) groups is 4. The zero-order valence-electron chi connectivity index (χ0n) is 19.7. The molecule has 3 amide bonds. The molecule has 0 aliphatic carbocycles. The summed E-state index contributed by atoms with van der Waals surface area (Å²) in [5.41, 5.74) is 0.196. The number of esters is 1. The average molecular weight is 464 g/mol. The molecule has 1 N–H and O–H groups in total. The van der Waals surface area contributed by atoms with E-state index in [0.29, 0.717) is 6.54 Å². The maximum absolute atomic E-state index is 12.6. The summed E-state index contributed by atoms with van der Waals surface area (Å²) in [6, 6.07) is 8.75. The summed E-state index contributed by atoms with van der Waals surface area (Å²) in [6.45, 7) is 7.57. The fourth-order valence-electron chi connectivity index (χ4n) is 3.20. The Balaban J connectivity index is 1.82. The van der Waals surface area contributed by atoms with Gasteiger partial charge in [-0.25, -0.2) is 9.59 Å². The van der Waals surface area contributed by atoms with E-state index < -0.39 is 29.8 Å². The molecular formula is C23H33N3O7. The highest BCUT2D eigenvalue weighted by Gasteiger charge is 2.35. The number of piperazine rings is 1. The van der Waals surface area contributed by atoms with E-state index in [-0.39, 0.29) is 45.2 Å². The Morgan fingerprint density at radius 1 is 1.06 bits per heavy atom. The molecular weight excluding hydrogens is 430 g/mol. The standard InChI is InChI=1S/C23H33N3O7/c1-17(27)31-16-19-14-25(12-13-26(19)22(30)33-23(2,3)4)20(28)10-11-24-21(29)32-15-18-8-6-5-7-9-18/h5-9,19H,10-16H2,1-4H3,(H,24,29). The number of nitrogens with one attached hydrogen (secondary N) is 1. The van der Waals surface area contributed by atoms with Crippen molar-refractivity contribution in [3.63, 3.8) is 0 Å². The largest absolute Gasteiger partial charge is 0.464 e. The van der Waals surface area contributed by atoms with Crippen molar-refractivity contribution in [2.45, 2.75) is 52.4 Å². The van der Waals surface area contributed by atoms with E-state index in [1.165, 1.54) is 11.8 Å². The highest BCUT2D eigenvalue weighted by Crippen LogP contribution is 2.17. The molecule has 0 saturated carbocycles. The Morgan fingerprint density at radius 2 is 1.76 bits per heavy atom. The second kappa shape index (κ2) is 12.1. The number of carbonyl (C=O) groups excluding carboxylic acids is 4. The molecule has 1 fully saturated rings. The fraction of sp³-hybridized carbons (Fsp3) is 0.565. The van der Waals surface area contributed by atoms with Gasteiger partial charge < -0.3 is 24.4 Å². The maximum atomic E-state index is 12.6. The van der Waals surface area contributed by atoms with Crippen LogP contribution in [0.1, 0.15) is 39.7 Å². The third-order valence-electron chi connectivity index (χ3n) is 4.76. The van der Waals surface area contributed by atoms with Gasteiger partial charge in [-0.15, -0.1) is 0 Å². The Kier molecular flexibility index (Phi) is 9.50. The van der Waals surface area contributed by atoms with E-state index in [1.807, 2.05) is 30.3 Å². The number of hydrogen-bond acceptors (Lipinski definition) is 7. The molecule has 1 aromatic carbocycles. The molecule has 10 nitrogen and oxygen atoms in total. The monoisotopic (exact) mass is 463 g/mol. The van der Waals surface area contributed by atoms with Crippen LogP contribution in [0.25, 0.3) is 0 Å². The summed E-state index contributed by atoms with van der Waals surface area (Å²) in [4.78, 5) is 51.4. The lowest BCUT2D eigenvalue weighted by molar-refractivity contribution is -0.144. The molecule has 10 heteroatoms. The van der Waals surface area contributed by atoms with Crippen molar-refractivity contribution in [3.8, 4) is 0 Å². The molecule has 1 unspecified atom stereocenters. The smallest absolute Gasteiger partial charge is 0.410 e. The molecule has 1 atom stereocenters. The highest BCUT2D eigenvalue weighted by molar-refractivity contribution is 5.78. The zero-order valence-corrected chi connectivity index (χ0v) is 19.7. The summed E-state index contributed by atoms with van der Waals surface area (Å²) >= 11 is 0. The SMILES string of the molecule is CC(=O)OCC1CN(C(=O)CCNC(=O)OCc2ccccc2)CCN1C(=O)OC(C)(C)C. The van der Waals surface area contributed by atoms with Crippen LogP contribution in [0.15, 0.2) is 30.3 Å². The van der Waals surface area contributed by atoms with Crippen molar-refractivity contribution in [2.24, 2.45) is 0 Å². The summed E-state index contributed by atoms with van der Waals surface area (Å²) in [7, 11) is 0. The molecule has 1 saturated heterocycles. The van der Waals surface area contributed by atoms with Gasteiger partial charge in [-0.2, -0.15) is 0 Å². The molecule has 0 radical (unpaired) electrons. The van der Waals surface area contributed by atoms with Crippen LogP contribution in [0.4, 0.5) is 9.59 Å². The average Bonchev–Trinajstić information content (AvgIpc) is 2.75. The van der Waals surface area contributed by atoms with Crippen LogP contribution in [0.5, 0.6) is 0 Å². The zero-order chi connectivity index (χ0) is 24.4. The van der Waals surface area contributed by atoms with Crippen molar-refractivity contribution in [1.29, 1.82) is 0 Å². The fourth-order valence-corrected chi connectivity index (χ4v) is 3.20. The normalized spacial score (nSPS) is 16.1. The first-order valence-corrected chi connectivity index (χ1v) is 10.9. The van der Waals surface area contributed by atoms with E-state index in [4.69, 9.17) is 14.2 Å². The Hall–Kier alpha value is -3.30. The summed E-state index contributed by atoms with van der Waals surface area (Å²) in [5.74, 6) is -0.657. The molecule has 2 rings (SSSR count). The van der Waals surface area contributed by atoms with E-state index in [1.54, 1.807) is 25.7 Å². The molecule has 182 valence electrons. The van der Waals surface area contributed by atoms with Gasteiger partial charge in [0.1, 0.15) is 18.8 Å². The molecule has 1 aliphatic rings. The Labute approximate surface area is 194 Å². The van der Waals surface area contributed by atoms with Gasteiger partial charge >= 0.3 is 18.2 Å². The van der Waals surface area contributed by atoms with E-state index in [2.05, 4.69) is 5.32 Å². The van der Waals surface area contributed by atoms with Crippen LogP contribution in [-0.2, 0) is 30.4 Å². The predicted octanol–water partition coefficient (Wildman–Crippen LogP) is 2.31. The number of benzene rings is 1. The minimum atomic E-state index is -0.670. The van der Waals surface area contributed by atoms with Crippen LogP contribution >= 0.6 is 0 Å². The number of nitrogens with zero attached hydrogens (tertiary/aromatic N) is 2. The number of amides is 3. The molecule has 0 bridgehead atoms. The first-order chi connectivity index (χ1) is 15.5. The lowest BCUT2D eigenvalue weighted by Gasteiger charge is -2.41. The van der Waals surface area contributed by atoms with Gasteiger partial charge in [-0.05, 0) is 26.3 Å². The van der Waals surface area contributed by atoms with Crippen molar-refractivity contribution < 1.29 is 33.4 Å². The minimum absolute atomic E-state index is 0.0393. The van der Waals surface area contributed by atoms with Crippen molar-refractivity contribution >= 4 is 24.1 Å². The molecule has 1 heterocycles.